The van der Waals surface area contributed by atoms with Crippen molar-refractivity contribution in [2.45, 2.75) is 19.9 Å². The summed E-state index contributed by atoms with van der Waals surface area (Å²) >= 11 is 1.33. The SMILES string of the molecule is Cc1csc2nc([C@H](C)NC(=O)C=CC(=O)c3cccc(C#N)c3)oc(=O)c12. The molecule has 2 aromatic heterocycles. The van der Waals surface area contributed by atoms with Crippen molar-refractivity contribution in [3.05, 3.63) is 74.8 Å². The van der Waals surface area contributed by atoms with Crippen LogP contribution in [0, 0.1) is 18.3 Å². The van der Waals surface area contributed by atoms with Crippen LogP contribution in [0.2, 0.25) is 0 Å². The van der Waals surface area contributed by atoms with Crippen molar-refractivity contribution < 1.29 is 14.0 Å². The second-order valence-corrected chi connectivity index (χ2v) is 6.92. The number of ketones is 1. The van der Waals surface area contributed by atoms with Gasteiger partial charge in [0.2, 0.25) is 11.8 Å². The molecule has 1 aromatic carbocycles. The largest absolute Gasteiger partial charge is 0.406 e. The molecular weight excluding hydrogens is 378 g/mol. The van der Waals surface area contributed by atoms with Crippen LogP contribution in [-0.2, 0) is 4.79 Å². The number of carbonyl (C=O) groups excluding carboxylic acids is 2. The fourth-order valence-electron chi connectivity index (χ4n) is 2.53. The number of aryl methyl sites for hydroxylation is 1. The first kappa shape index (κ1) is 19.2. The van der Waals surface area contributed by atoms with Gasteiger partial charge in [0.25, 0.3) is 0 Å². The molecule has 0 bridgehead atoms. The number of thiophene rings is 1. The van der Waals surface area contributed by atoms with E-state index in [1.807, 2.05) is 11.4 Å². The van der Waals surface area contributed by atoms with Crippen molar-refractivity contribution in [1.82, 2.24) is 10.3 Å². The van der Waals surface area contributed by atoms with E-state index in [1.54, 1.807) is 32.0 Å². The molecule has 0 unspecified atom stereocenters. The summed E-state index contributed by atoms with van der Waals surface area (Å²) in [4.78, 5) is 41.1. The summed E-state index contributed by atoms with van der Waals surface area (Å²) in [5.74, 6) is -0.849. The van der Waals surface area contributed by atoms with Crippen LogP contribution >= 0.6 is 11.3 Å². The second-order valence-electron chi connectivity index (χ2n) is 6.06. The zero-order chi connectivity index (χ0) is 20.3. The Hall–Kier alpha value is -3.57. The molecular formula is C20H15N3O4S. The Balaban J connectivity index is 1.70. The van der Waals surface area contributed by atoms with Crippen molar-refractivity contribution >= 4 is 33.2 Å². The lowest BCUT2D eigenvalue weighted by Crippen LogP contribution is -2.26. The second kappa shape index (κ2) is 7.98. The van der Waals surface area contributed by atoms with Crippen LogP contribution in [0.1, 0.15) is 40.3 Å². The highest BCUT2D eigenvalue weighted by Gasteiger charge is 2.17. The molecule has 3 aromatic rings. The summed E-state index contributed by atoms with van der Waals surface area (Å²) in [6.45, 7) is 3.43. The van der Waals surface area contributed by atoms with E-state index in [-0.39, 0.29) is 5.89 Å². The summed E-state index contributed by atoms with van der Waals surface area (Å²) in [5.41, 5.74) is 0.967. The fraction of sp³-hybridized carbons (Fsp3) is 0.150. The quantitative estimate of drug-likeness (QED) is 0.526. The Morgan fingerprint density at radius 1 is 1.36 bits per heavy atom. The normalized spacial score (nSPS) is 12.0. The zero-order valence-electron chi connectivity index (χ0n) is 15.1. The van der Waals surface area contributed by atoms with Crippen LogP contribution in [0.4, 0.5) is 0 Å². The van der Waals surface area contributed by atoms with Crippen LogP contribution in [0.15, 0.2) is 51.0 Å². The Labute approximate surface area is 163 Å². The van der Waals surface area contributed by atoms with Gasteiger partial charge in [0.05, 0.1) is 17.0 Å². The van der Waals surface area contributed by atoms with Crippen LogP contribution < -0.4 is 10.9 Å². The van der Waals surface area contributed by atoms with Crippen molar-refractivity contribution in [3.8, 4) is 6.07 Å². The summed E-state index contributed by atoms with van der Waals surface area (Å²) in [5, 5.41) is 13.7. The van der Waals surface area contributed by atoms with Crippen molar-refractivity contribution in [1.29, 1.82) is 5.26 Å². The summed E-state index contributed by atoms with van der Waals surface area (Å²) in [7, 11) is 0. The van der Waals surface area contributed by atoms with Gasteiger partial charge in [-0.1, -0.05) is 12.1 Å². The number of carbonyl (C=O) groups is 2. The monoisotopic (exact) mass is 393 g/mol. The van der Waals surface area contributed by atoms with E-state index in [0.717, 1.165) is 17.7 Å². The van der Waals surface area contributed by atoms with Gasteiger partial charge in [-0.05, 0) is 43.0 Å². The number of nitriles is 1. The number of nitrogens with one attached hydrogen (secondary N) is 1. The van der Waals surface area contributed by atoms with E-state index in [0.29, 0.717) is 21.3 Å². The molecule has 8 heteroatoms. The van der Waals surface area contributed by atoms with Crippen LogP contribution in [0.25, 0.3) is 10.2 Å². The summed E-state index contributed by atoms with van der Waals surface area (Å²) < 4.78 is 5.22. The first-order valence-electron chi connectivity index (χ1n) is 8.31. The zero-order valence-corrected chi connectivity index (χ0v) is 15.9. The highest BCUT2D eigenvalue weighted by molar-refractivity contribution is 7.16. The third-order valence-electron chi connectivity index (χ3n) is 3.96. The van der Waals surface area contributed by atoms with E-state index >= 15 is 0 Å². The number of hydrogen-bond acceptors (Lipinski definition) is 7. The van der Waals surface area contributed by atoms with E-state index in [1.165, 1.54) is 17.4 Å². The van der Waals surface area contributed by atoms with Crippen LogP contribution in [-0.4, -0.2) is 16.7 Å². The Bertz CT molecular complexity index is 1200. The van der Waals surface area contributed by atoms with Gasteiger partial charge in [0, 0.05) is 11.6 Å². The van der Waals surface area contributed by atoms with Gasteiger partial charge in [-0.2, -0.15) is 5.26 Å². The minimum absolute atomic E-state index is 0.0918. The maximum Gasteiger partial charge on any atom is 0.348 e. The first-order chi connectivity index (χ1) is 13.4. The number of fused-ring (bicyclic) bond motifs is 1. The molecule has 1 atom stereocenters. The van der Waals surface area contributed by atoms with Crippen molar-refractivity contribution in [2.24, 2.45) is 0 Å². The average molecular weight is 393 g/mol. The molecule has 7 nitrogen and oxygen atoms in total. The third-order valence-corrected chi connectivity index (χ3v) is 4.95. The maximum atomic E-state index is 12.1. The molecule has 0 spiro atoms. The lowest BCUT2D eigenvalue weighted by atomic mass is 10.1. The van der Waals surface area contributed by atoms with Gasteiger partial charge in [0.1, 0.15) is 10.9 Å². The highest BCUT2D eigenvalue weighted by Crippen LogP contribution is 2.22. The number of benzene rings is 1. The fourth-order valence-corrected chi connectivity index (χ4v) is 3.44. The molecule has 3 rings (SSSR count). The predicted molar refractivity (Wildman–Crippen MR) is 104 cm³/mol. The lowest BCUT2D eigenvalue weighted by molar-refractivity contribution is -0.117. The van der Waals surface area contributed by atoms with Crippen LogP contribution in [0.5, 0.6) is 0 Å². The molecule has 1 amide bonds. The van der Waals surface area contributed by atoms with Crippen LogP contribution in [0.3, 0.4) is 0 Å². The molecule has 0 radical (unpaired) electrons. The average Bonchev–Trinajstić information content (AvgIpc) is 3.07. The van der Waals surface area contributed by atoms with E-state index in [4.69, 9.17) is 9.68 Å². The lowest BCUT2D eigenvalue weighted by Gasteiger charge is -2.10. The van der Waals surface area contributed by atoms with E-state index < -0.39 is 23.4 Å². The van der Waals surface area contributed by atoms with Crippen molar-refractivity contribution in [3.63, 3.8) is 0 Å². The molecule has 0 saturated carbocycles. The number of aromatic nitrogens is 1. The first-order valence-corrected chi connectivity index (χ1v) is 9.19. The molecule has 0 saturated heterocycles. The number of rotatable bonds is 5. The van der Waals surface area contributed by atoms with Gasteiger partial charge in [-0.15, -0.1) is 11.3 Å². The van der Waals surface area contributed by atoms with E-state index in [9.17, 15) is 14.4 Å². The van der Waals surface area contributed by atoms with Gasteiger partial charge in [-0.3, -0.25) is 9.59 Å². The summed E-state index contributed by atoms with van der Waals surface area (Å²) in [6.07, 6.45) is 2.21. The van der Waals surface area contributed by atoms with Gasteiger partial charge in [0.15, 0.2) is 5.78 Å². The molecule has 0 aliphatic carbocycles. The predicted octanol–water partition coefficient (Wildman–Crippen LogP) is 3.05. The number of hydrogen-bond donors (Lipinski definition) is 1. The smallest absolute Gasteiger partial charge is 0.348 e. The topological polar surface area (TPSA) is 113 Å². The molecule has 1 N–H and O–H groups in total. The third kappa shape index (κ3) is 4.05. The number of allylic oxidation sites excluding steroid dienone is 1. The molecule has 0 aliphatic heterocycles. The van der Waals surface area contributed by atoms with Crippen molar-refractivity contribution in [2.75, 3.05) is 0 Å². The maximum absolute atomic E-state index is 12.1. The van der Waals surface area contributed by atoms with E-state index in [2.05, 4.69) is 10.3 Å². The standard InChI is InChI=1S/C20H15N3O4S/c1-11-10-28-19-17(11)20(26)27-18(23-19)12(2)22-16(25)7-6-15(24)14-5-3-4-13(8-14)9-21/h3-8,10,12H,1-2H3,(H,22,25)/t12-/m0/s1. The Morgan fingerprint density at radius 3 is 2.89 bits per heavy atom. The van der Waals surface area contributed by atoms with Gasteiger partial charge in [-0.25, -0.2) is 9.78 Å². The molecule has 0 fully saturated rings. The molecule has 28 heavy (non-hydrogen) atoms. The summed E-state index contributed by atoms with van der Waals surface area (Å²) in [6, 6.07) is 7.48. The highest BCUT2D eigenvalue weighted by atomic mass is 32.1. The molecule has 140 valence electrons. The number of nitrogens with zero attached hydrogens (tertiary/aromatic N) is 2. The minimum atomic E-state index is -0.659. The van der Waals surface area contributed by atoms with Gasteiger partial charge < -0.3 is 9.73 Å². The Morgan fingerprint density at radius 2 is 2.14 bits per heavy atom. The Kier molecular flexibility index (Phi) is 5.47. The van der Waals surface area contributed by atoms with Gasteiger partial charge >= 0.3 is 5.63 Å². The molecule has 2 heterocycles. The molecule has 0 aliphatic rings. The minimum Gasteiger partial charge on any atom is -0.406 e. The number of amides is 1.